The quantitative estimate of drug-likeness (QED) is 0.754. The van der Waals surface area contributed by atoms with E-state index in [0.29, 0.717) is 0 Å². The van der Waals surface area contributed by atoms with Crippen LogP contribution in [0, 0.1) is 0 Å². The summed E-state index contributed by atoms with van der Waals surface area (Å²) in [7, 11) is 0. The minimum Gasteiger partial charge on any atom is -0.246 e. The van der Waals surface area contributed by atoms with Crippen LogP contribution in [0.2, 0.25) is 0 Å². The molecule has 0 unspecified atom stereocenters. The second kappa shape index (κ2) is 4.46. The maximum absolute atomic E-state index is 4.89. The van der Waals surface area contributed by atoms with Gasteiger partial charge in [0.2, 0.25) is 0 Å². The lowest BCUT2D eigenvalue weighted by Crippen LogP contribution is -2.00. The summed E-state index contributed by atoms with van der Waals surface area (Å²) in [5.41, 5.74) is 6.95. The van der Waals surface area contributed by atoms with Gasteiger partial charge in [0.05, 0.1) is 11.4 Å². The molecule has 0 saturated carbocycles. The Morgan fingerprint density at radius 1 is 0.700 bits per heavy atom. The van der Waals surface area contributed by atoms with Crippen molar-refractivity contribution in [3.05, 3.63) is 101 Å². The second-order valence-electron chi connectivity index (χ2n) is 4.89. The fraction of sp³-hybridized carbons (Fsp3) is 0. The molecule has 1 aliphatic heterocycles. The van der Waals surface area contributed by atoms with Crippen LogP contribution in [0.1, 0.15) is 11.1 Å². The Labute approximate surface area is 118 Å². The molecule has 0 spiro atoms. The van der Waals surface area contributed by atoms with Gasteiger partial charge in [-0.3, -0.25) is 0 Å². The van der Waals surface area contributed by atoms with Gasteiger partial charge in [-0.25, -0.2) is 4.99 Å². The lowest BCUT2D eigenvalue weighted by molar-refractivity contribution is 1.50. The molecule has 94 valence electrons. The minimum atomic E-state index is 1.07. The van der Waals surface area contributed by atoms with E-state index in [4.69, 9.17) is 4.99 Å². The van der Waals surface area contributed by atoms with E-state index in [1.807, 2.05) is 12.1 Å². The predicted octanol–water partition coefficient (Wildman–Crippen LogP) is 4.40. The summed E-state index contributed by atoms with van der Waals surface area (Å²) in [5.74, 6) is 0. The molecule has 2 aromatic rings. The van der Waals surface area contributed by atoms with Crippen molar-refractivity contribution in [2.75, 3.05) is 0 Å². The number of fused-ring (bicyclic) bond motifs is 1. The van der Waals surface area contributed by atoms with Gasteiger partial charge in [0, 0.05) is 22.3 Å². The molecular formula is C19H13N. The zero-order valence-electron chi connectivity index (χ0n) is 11.0. The lowest BCUT2D eigenvalue weighted by Gasteiger charge is -2.02. The van der Waals surface area contributed by atoms with Gasteiger partial charge < -0.3 is 0 Å². The average molecular weight is 255 g/mol. The van der Waals surface area contributed by atoms with Gasteiger partial charge in [0.15, 0.2) is 0 Å². The van der Waals surface area contributed by atoms with Gasteiger partial charge >= 0.3 is 0 Å². The Morgan fingerprint density at radius 2 is 1.35 bits per heavy atom. The number of nitrogens with zero attached hydrogens (tertiary/aromatic N) is 1. The number of benzene rings is 2. The highest BCUT2D eigenvalue weighted by Crippen LogP contribution is 2.37. The van der Waals surface area contributed by atoms with Crippen LogP contribution in [0.3, 0.4) is 0 Å². The molecule has 1 nitrogen and oxygen atoms in total. The SMILES string of the molecule is C1=CC2=C(c3ccccc3)N=C(c3ccccc3)C2=C1. The molecule has 0 atom stereocenters. The molecule has 20 heavy (non-hydrogen) atoms. The normalized spacial score (nSPS) is 16.2. The maximum atomic E-state index is 4.89. The molecule has 2 aromatic carbocycles. The molecule has 4 rings (SSSR count). The van der Waals surface area contributed by atoms with Gasteiger partial charge in [-0.2, -0.15) is 0 Å². The van der Waals surface area contributed by atoms with E-state index < -0.39 is 0 Å². The van der Waals surface area contributed by atoms with E-state index in [1.54, 1.807) is 0 Å². The van der Waals surface area contributed by atoms with Crippen LogP contribution in [0.25, 0.3) is 5.70 Å². The zero-order chi connectivity index (χ0) is 13.4. The van der Waals surface area contributed by atoms with Crippen molar-refractivity contribution in [1.29, 1.82) is 0 Å². The zero-order valence-corrected chi connectivity index (χ0v) is 11.0. The Morgan fingerprint density at radius 3 is 2.05 bits per heavy atom. The molecule has 1 heteroatoms. The first-order valence-electron chi connectivity index (χ1n) is 6.76. The molecule has 1 heterocycles. The summed E-state index contributed by atoms with van der Waals surface area (Å²) in [6.45, 7) is 0. The standard InChI is InChI=1S/C19H13N/c1-3-8-14(9-4-1)18-16-12-7-13-17(16)19(20-18)15-10-5-2-6-11-15/h1-13H. The number of hydrogen-bond donors (Lipinski definition) is 0. The third-order valence-corrected chi connectivity index (χ3v) is 3.64. The van der Waals surface area contributed by atoms with Crippen molar-refractivity contribution < 1.29 is 0 Å². The van der Waals surface area contributed by atoms with Crippen molar-refractivity contribution >= 4 is 11.4 Å². The van der Waals surface area contributed by atoms with Crippen molar-refractivity contribution in [3.8, 4) is 0 Å². The van der Waals surface area contributed by atoms with Gasteiger partial charge in [-0.05, 0) is 0 Å². The predicted molar refractivity (Wildman–Crippen MR) is 83.6 cm³/mol. The van der Waals surface area contributed by atoms with Crippen LogP contribution in [-0.2, 0) is 0 Å². The number of hydrogen-bond acceptors (Lipinski definition) is 1. The van der Waals surface area contributed by atoms with Crippen LogP contribution < -0.4 is 0 Å². The monoisotopic (exact) mass is 255 g/mol. The Bertz CT molecular complexity index is 775. The summed E-state index contributed by atoms with van der Waals surface area (Å²) < 4.78 is 0. The van der Waals surface area contributed by atoms with Crippen molar-refractivity contribution in [3.63, 3.8) is 0 Å². The van der Waals surface area contributed by atoms with Crippen molar-refractivity contribution in [1.82, 2.24) is 0 Å². The average Bonchev–Trinajstić information content (AvgIpc) is 3.11. The van der Waals surface area contributed by atoms with E-state index in [2.05, 4.69) is 66.8 Å². The fourth-order valence-corrected chi connectivity index (χ4v) is 2.70. The molecule has 0 fully saturated rings. The smallest absolute Gasteiger partial charge is 0.0788 e. The van der Waals surface area contributed by atoms with E-state index in [1.165, 1.54) is 22.3 Å². The molecular weight excluding hydrogens is 242 g/mol. The molecule has 0 N–H and O–H groups in total. The molecule has 2 aliphatic rings. The molecule has 1 aliphatic carbocycles. The van der Waals surface area contributed by atoms with Crippen molar-refractivity contribution in [2.45, 2.75) is 0 Å². The molecule has 0 saturated heterocycles. The molecule has 0 bridgehead atoms. The van der Waals surface area contributed by atoms with Gasteiger partial charge in [0.1, 0.15) is 0 Å². The van der Waals surface area contributed by atoms with E-state index in [0.717, 1.165) is 11.4 Å². The summed E-state index contributed by atoms with van der Waals surface area (Å²) in [4.78, 5) is 4.89. The second-order valence-corrected chi connectivity index (χ2v) is 4.89. The highest BCUT2D eigenvalue weighted by atomic mass is 14.8. The Balaban J connectivity index is 1.87. The van der Waals surface area contributed by atoms with Gasteiger partial charge in [-0.15, -0.1) is 0 Å². The van der Waals surface area contributed by atoms with Gasteiger partial charge in [0.25, 0.3) is 0 Å². The first-order chi connectivity index (χ1) is 9.93. The third kappa shape index (κ3) is 1.68. The highest BCUT2D eigenvalue weighted by Gasteiger charge is 2.25. The Kier molecular flexibility index (Phi) is 2.49. The molecule has 0 radical (unpaired) electrons. The first-order valence-corrected chi connectivity index (χ1v) is 6.76. The van der Waals surface area contributed by atoms with E-state index in [-0.39, 0.29) is 0 Å². The number of allylic oxidation sites excluding steroid dienone is 5. The topological polar surface area (TPSA) is 12.4 Å². The van der Waals surface area contributed by atoms with Crippen LogP contribution in [-0.4, -0.2) is 5.71 Å². The largest absolute Gasteiger partial charge is 0.246 e. The highest BCUT2D eigenvalue weighted by molar-refractivity contribution is 6.22. The summed E-state index contributed by atoms with van der Waals surface area (Å²) in [6, 6.07) is 20.8. The maximum Gasteiger partial charge on any atom is 0.0788 e. The number of aliphatic imine (C=N–C) groups is 1. The molecule has 0 aromatic heterocycles. The fourth-order valence-electron chi connectivity index (χ4n) is 2.70. The van der Waals surface area contributed by atoms with Crippen LogP contribution in [0.5, 0.6) is 0 Å². The van der Waals surface area contributed by atoms with E-state index >= 15 is 0 Å². The Hall–Kier alpha value is -2.67. The summed E-state index contributed by atoms with van der Waals surface area (Å²) in [6.07, 6.45) is 6.40. The first kappa shape index (κ1) is 11.2. The van der Waals surface area contributed by atoms with Crippen LogP contribution in [0.4, 0.5) is 0 Å². The van der Waals surface area contributed by atoms with Crippen molar-refractivity contribution in [2.24, 2.45) is 4.99 Å². The summed E-state index contributed by atoms with van der Waals surface area (Å²) >= 11 is 0. The number of rotatable bonds is 2. The lowest BCUT2D eigenvalue weighted by atomic mass is 9.99. The summed E-state index contributed by atoms with van der Waals surface area (Å²) in [5, 5.41) is 0. The van der Waals surface area contributed by atoms with Gasteiger partial charge in [-0.1, -0.05) is 78.9 Å². The van der Waals surface area contributed by atoms with Crippen LogP contribution in [0.15, 0.2) is 95.0 Å². The van der Waals surface area contributed by atoms with E-state index in [9.17, 15) is 0 Å². The minimum absolute atomic E-state index is 1.07. The van der Waals surface area contributed by atoms with Crippen LogP contribution >= 0.6 is 0 Å². The third-order valence-electron chi connectivity index (χ3n) is 3.64. The molecule has 0 amide bonds.